The summed E-state index contributed by atoms with van der Waals surface area (Å²) in [6.07, 6.45) is 3.31. The highest BCUT2D eigenvalue weighted by atomic mass is 16.5. The van der Waals surface area contributed by atoms with E-state index in [1.807, 2.05) is 14.0 Å². The molecule has 0 radical (unpaired) electrons. The second-order valence-electron chi connectivity index (χ2n) is 5.55. The molecule has 0 aliphatic carbocycles. The van der Waals surface area contributed by atoms with Crippen molar-refractivity contribution in [2.24, 2.45) is 0 Å². The van der Waals surface area contributed by atoms with E-state index in [0.29, 0.717) is 5.92 Å². The van der Waals surface area contributed by atoms with Crippen molar-refractivity contribution in [3.8, 4) is 0 Å². The Balaban J connectivity index is 2.52. The summed E-state index contributed by atoms with van der Waals surface area (Å²) in [6, 6.07) is 0. The van der Waals surface area contributed by atoms with Crippen molar-refractivity contribution >= 4 is 11.6 Å². The van der Waals surface area contributed by atoms with Crippen molar-refractivity contribution in [2.75, 3.05) is 37.4 Å². The number of ether oxygens (including phenoxy) is 1. The first-order valence-electron chi connectivity index (χ1n) is 7.98. The Morgan fingerprint density at radius 3 is 2.38 bits per heavy atom. The summed E-state index contributed by atoms with van der Waals surface area (Å²) in [7, 11) is 1.89. The second-order valence-corrected chi connectivity index (χ2v) is 5.55. The van der Waals surface area contributed by atoms with Crippen LogP contribution in [0, 0.1) is 6.92 Å². The SMILES string of the molecule is CCCCOCCCNc1nc(C(C)C)nc(NC)c1C. The van der Waals surface area contributed by atoms with Gasteiger partial charge in [0.2, 0.25) is 0 Å². The van der Waals surface area contributed by atoms with E-state index in [4.69, 9.17) is 4.74 Å². The maximum Gasteiger partial charge on any atom is 0.135 e. The Kier molecular flexibility index (Phi) is 8.05. The van der Waals surface area contributed by atoms with Crippen molar-refractivity contribution in [1.82, 2.24) is 9.97 Å². The molecule has 1 heterocycles. The number of nitrogens with one attached hydrogen (secondary N) is 2. The van der Waals surface area contributed by atoms with Gasteiger partial charge in [0.15, 0.2) is 0 Å². The Morgan fingerprint density at radius 2 is 1.76 bits per heavy atom. The third kappa shape index (κ3) is 5.87. The van der Waals surface area contributed by atoms with Crippen LogP contribution in [0.2, 0.25) is 0 Å². The minimum Gasteiger partial charge on any atom is -0.381 e. The summed E-state index contributed by atoms with van der Waals surface area (Å²) in [5.41, 5.74) is 1.06. The maximum atomic E-state index is 5.56. The molecule has 21 heavy (non-hydrogen) atoms. The minimum atomic E-state index is 0.315. The lowest BCUT2D eigenvalue weighted by Gasteiger charge is -2.15. The van der Waals surface area contributed by atoms with Gasteiger partial charge in [0, 0.05) is 38.3 Å². The smallest absolute Gasteiger partial charge is 0.135 e. The van der Waals surface area contributed by atoms with E-state index >= 15 is 0 Å². The number of nitrogens with zero attached hydrogens (tertiary/aromatic N) is 2. The summed E-state index contributed by atoms with van der Waals surface area (Å²) in [6.45, 7) is 11.0. The first kappa shape index (κ1) is 17.7. The van der Waals surface area contributed by atoms with Crippen molar-refractivity contribution in [1.29, 1.82) is 0 Å². The van der Waals surface area contributed by atoms with Crippen molar-refractivity contribution in [2.45, 2.75) is 52.9 Å². The molecule has 0 aliphatic rings. The van der Waals surface area contributed by atoms with E-state index in [1.54, 1.807) is 0 Å². The molecule has 0 atom stereocenters. The van der Waals surface area contributed by atoms with Crippen molar-refractivity contribution in [3.05, 3.63) is 11.4 Å². The topological polar surface area (TPSA) is 59.1 Å². The van der Waals surface area contributed by atoms with E-state index in [-0.39, 0.29) is 0 Å². The van der Waals surface area contributed by atoms with Crippen molar-refractivity contribution < 1.29 is 4.74 Å². The van der Waals surface area contributed by atoms with Gasteiger partial charge in [-0.25, -0.2) is 9.97 Å². The molecule has 5 heteroatoms. The van der Waals surface area contributed by atoms with E-state index in [2.05, 4.69) is 41.4 Å². The lowest BCUT2D eigenvalue weighted by atomic mass is 10.2. The Morgan fingerprint density at radius 1 is 1.10 bits per heavy atom. The lowest BCUT2D eigenvalue weighted by Crippen LogP contribution is -2.12. The summed E-state index contributed by atoms with van der Waals surface area (Å²) in [5.74, 6) is 3.00. The molecular weight excluding hydrogens is 264 g/mol. The molecule has 0 saturated carbocycles. The standard InChI is InChI=1S/C16H30N4O/c1-6-7-10-21-11-8-9-18-16-13(4)15(17-5)19-14(20-16)12(2)3/h12H,6-11H2,1-5H3,(H2,17,18,19,20). The number of hydrogen-bond acceptors (Lipinski definition) is 5. The molecule has 0 spiro atoms. The Labute approximate surface area is 128 Å². The molecule has 1 aromatic rings. The summed E-state index contributed by atoms with van der Waals surface area (Å²) in [5, 5.41) is 6.54. The highest BCUT2D eigenvalue weighted by molar-refractivity contribution is 5.57. The molecule has 0 unspecified atom stereocenters. The molecule has 0 amide bonds. The van der Waals surface area contributed by atoms with Gasteiger partial charge in [0.25, 0.3) is 0 Å². The van der Waals surface area contributed by atoms with E-state index in [9.17, 15) is 0 Å². The van der Waals surface area contributed by atoms with Gasteiger partial charge in [-0.2, -0.15) is 0 Å². The highest BCUT2D eigenvalue weighted by Crippen LogP contribution is 2.22. The molecule has 1 rings (SSSR count). The normalized spacial score (nSPS) is 11.0. The fourth-order valence-corrected chi connectivity index (χ4v) is 1.94. The lowest BCUT2D eigenvalue weighted by molar-refractivity contribution is 0.131. The van der Waals surface area contributed by atoms with Gasteiger partial charge >= 0.3 is 0 Å². The van der Waals surface area contributed by atoms with Gasteiger partial charge in [-0.05, 0) is 19.8 Å². The van der Waals surface area contributed by atoms with Crippen LogP contribution in [0.1, 0.15) is 57.3 Å². The molecule has 1 aromatic heterocycles. The van der Waals surface area contributed by atoms with E-state index in [1.165, 1.54) is 6.42 Å². The van der Waals surface area contributed by atoms with Crippen LogP contribution < -0.4 is 10.6 Å². The molecular formula is C16H30N4O. The zero-order chi connectivity index (χ0) is 15.7. The first-order valence-corrected chi connectivity index (χ1v) is 7.98. The Bertz CT molecular complexity index is 421. The predicted molar refractivity (Wildman–Crippen MR) is 89.2 cm³/mol. The van der Waals surface area contributed by atoms with Crippen LogP contribution in [0.25, 0.3) is 0 Å². The fraction of sp³-hybridized carbons (Fsp3) is 0.750. The summed E-state index contributed by atoms with van der Waals surface area (Å²) in [4.78, 5) is 9.17. The van der Waals surface area contributed by atoms with Crippen LogP contribution in [0.15, 0.2) is 0 Å². The molecule has 0 saturated heterocycles. The zero-order valence-electron chi connectivity index (χ0n) is 14.1. The van der Waals surface area contributed by atoms with Gasteiger partial charge in [-0.15, -0.1) is 0 Å². The predicted octanol–water partition coefficient (Wildman–Crippen LogP) is 3.57. The first-order chi connectivity index (χ1) is 10.1. The van der Waals surface area contributed by atoms with E-state index in [0.717, 1.165) is 55.6 Å². The monoisotopic (exact) mass is 294 g/mol. The fourth-order valence-electron chi connectivity index (χ4n) is 1.94. The molecule has 2 N–H and O–H groups in total. The number of unbranched alkanes of at least 4 members (excludes halogenated alkanes) is 1. The van der Waals surface area contributed by atoms with E-state index < -0.39 is 0 Å². The van der Waals surface area contributed by atoms with Crippen LogP contribution >= 0.6 is 0 Å². The third-order valence-corrected chi connectivity index (χ3v) is 3.32. The minimum absolute atomic E-state index is 0.315. The van der Waals surface area contributed by atoms with Gasteiger partial charge < -0.3 is 15.4 Å². The van der Waals surface area contributed by atoms with Crippen LogP contribution in [0.5, 0.6) is 0 Å². The average Bonchev–Trinajstić information content (AvgIpc) is 2.47. The molecule has 0 fully saturated rings. The summed E-state index contributed by atoms with van der Waals surface area (Å²) >= 11 is 0. The number of anilines is 2. The number of rotatable bonds is 10. The van der Waals surface area contributed by atoms with Gasteiger partial charge in [-0.1, -0.05) is 27.2 Å². The molecule has 0 aromatic carbocycles. The van der Waals surface area contributed by atoms with Crippen molar-refractivity contribution in [3.63, 3.8) is 0 Å². The molecule has 0 aliphatic heterocycles. The number of hydrogen-bond donors (Lipinski definition) is 2. The van der Waals surface area contributed by atoms with Crippen LogP contribution in [-0.2, 0) is 4.74 Å². The number of aromatic nitrogens is 2. The van der Waals surface area contributed by atoms with Gasteiger partial charge in [0.1, 0.15) is 17.5 Å². The molecule has 120 valence electrons. The van der Waals surface area contributed by atoms with Crippen LogP contribution in [0.3, 0.4) is 0 Å². The summed E-state index contributed by atoms with van der Waals surface area (Å²) < 4.78 is 5.56. The zero-order valence-corrected chi connectivity index (χ0v) is 14.1. The molecule has 0 bridgehead atoms. The highest BCUT2D eigenvalue weighted by Gasteiger charge is 2.11. The second kappa shape index (κ2) is 9.55. The Hall–Kier alpha value is -1.36. The average molecular weight is 294 g/mol. The maximum absolute atomic E-state index is 5.56. The quantitative estimate of drug-likeness (QED) is 0.646. The third-order valence-electron chi connectivity index (χ3n) is 3.32. The van der Waals surface area contributed by atoms with Crippen LogP contribution in [0.4, 0.5) is 11.6 Å². The van der Waals surface area contributed by atoms with Gasteiger partial charge in [-0.3, -0.25) is 0 Å². The van der Waals surface area contributed by atoms with Crippen LogP contribution in [-0.4, -0.2) is 36.8 Å². The van der Waals surface area contributed by atoms with Gasteiger partial charge in [0.05, 0.1) is 0 Å². The largest absolute Gasteiger partial charge is 0.381 e. The molecule has 5 nitrogen and oxygen atoms in total.